The van der Waals surface area contributed by atoms with E-state index in [4.69, 9.17) is 10.2 Å². The molecule has 1 aromatic heterocycles. The molecule has 0 aliphatic carbocycles. The molecular weight excluding hydrogens is 342 g/mol. The van der Waals surface area contributed by atoms with Crippen molar-refractivity contribution in [2.45, 2.75) is 13.5 Å². The molecule has 1 aromatic carbocycles. The first kappa shape index (κ1) is 15.2. The van der Waals surface area contributed by atoms with Crippen molar-refractivity contribution < 1.29 is 14.1 Å². The lowest BCUT2D eigenvalue weighted by molar-refractivity contribution is -0.385. The molecule has 1 heterocycles. The number of rotatable bonds is 4. The van der Waals surface area contributed by atoms with Crippen LogP contribution in [0.25, 0.3) is 0 Å². The minimum Gasteiger partial charge on any atom is -0.455 e. The summed E-state index contributed by atoms with van der Waals surface area (Å²) >= 11 is 3.26. The Balaban J connectivity index is 2.28. The van der Waals surface area contributed by atoms with E-state index in [1.54, 1.807) is 19.1 Å². The van der Waals surface area contributed by atoms with Crippen molar-refractivity contribution in [1.82, 2.24) is 0 Å². The summed E-state index contributed by atoms with van der Waals surface area (Å²) in [6.07, 6.45) is 0. The predicted molar refractivity (Wildman–Crippen MR) is 80.1 cm³/mol. The molecule has 0 aliphatic rings. The Labute approximate surface area is 128 Å². The molecule has 110 valence electrons. The van der Waals surface area contributed by atoms with Gasteiger partial charge in [0.15, 0.2) is 5.76 Å². The lowest BCUT2D eigenvalue weighted by Gasteiger charge is -2.07. The lowest BCUT2D eigenvalue weighted by atomic mass is 10.2. The van der Waals surface area contributed by atoms with E-state index in [-0.39, 0.29) is 18.0 Å². The van der Waals surface area contributed by atoms with Crippen LogP contribution in [-0.4, -0.2) is 10.8 Å². The number of nitrogens with two attached hydrogens (primary N) is 1. The van der Waals surface area contributed by atoms with Gasteiger partial charge in [0.2, 0.25) is 0 Å². The van der Waals surface area contributed by atoms with E-state index in [0.717, 1.165) is 0 Å². The Morgan fingerprint density at radius 3 is 2.76 bits per heavy atom. The molecule has 0 fully saturated rings. The Morgan fingerprint density at radius 1 is 1.48 bits per heavy atom. The molecule has 3 N–H and O–H groups in total. The van der Waals surface area contributed by atoms with Gasteiger partial charge in [0.05, 0.1) is 17.2 Å². The van der Waals surface area contributed by atoms with Gasteiger partial charge in [0, 0.05) is 16.1 Å². The monoisotopic (exact) mass is 353 g/mol. The number of halogens is 1. The van der Waals surface area contributed by atoms with Crippen LogP contribution in [0.15, 0.2) is 33.2 Å². The minimum absolute atomic E-state index is 0.0735. The quantitative estimate of drug-likeness (QED) is 0.648. The van der Waals surface area contributed by atoms with E-state index in [9.17, 15) is 14.9 Å². The van der Waals surface area contributed by atoms with Gasteiger partial charge in [-0.05, 0) is 41.1 Å². The average Bonchev–Trinajstić information content (AvgIpc) is 2.90. The summed E-state index contributed by atoms with van der Waals surface area (Å²) in [6, 6.07) is 5.96. The van der Waals surface area contributed by atoms with Gasteiger partial charge in [0.1, 0.15) is 5.76 Å². The van der Waals surface area contributed by atoms with Crippen LogP contribution in [-0.2, 0) is 6.54 Å². The van der Waals surface area contributed by atoms with Crippen LogP contribution in [0.4, 0.5) is 11.4 Å². The molecule has 7 nitrogen and oxygen atoms in total. The van der Waals surface area contributed by atoms with Crippen molar-refractivity contribution in [2.75, 3.05) is 5.32 Å². The largest absolute Gasteiger partial charge is 0.455 e. The highest BCUT2D eigenvalue weighted by Crippen LogP contribution is 2.31. The standard InChI is InChI=1S/C13H12BrN3O4/c1-7-4-9(14)10(5-11(7)17(19)20)16-13(18)12-3-2-8(6-15)21-12/h2-5H,6,15H2,1H3,(H,16,18). The molecule has 0 bridgehead atoms. The molecule has 1 amide bonds. The number of amides is 1. The maximum Gasteiger partial charge on any atom is 0.291 e. The first-order valence-corrected chi connectivity index (χ1v) is 6.76. The van der Waals surface area contributed by atoms with Crippen molar-refractivity contribution >= 4 is 33.2 Å². The molecule has 0 aliphatic heterocycles. The number of aryl methyl sites for hydroxylation is 1. The Hall–Kier alpha value is -2.19. The van der Waals surface area contributed by atoms with Crippen LogP contribution in [0.5, 0.6) is 0 Å². The number of benzene rings is 1. The summed E-state index contributed by atoms with van der Waals surface area (Å²) in [6.45, 7) is 1.81. The van der Waals surface area contributed by atoms with E-state index in [1.807, 2.05) is 0 Å². The number of anilines is 1. The van der Waals surface area contributed by atoms with Gasteiger partial charge in [-0.25, -0.2) is 0 Å². The molecule has 0 radical (unpaired) electrons. The first-order valence-electron chi connectivity index (χ1n) is 5.97. The topological polar surface area (TPSA) is 111 Å². The van der Waals surface area contributed by atoms with E-state index in [0.29, 0.717) is 21.5 Å². The normalized spacial score (nSPS) is 10.4. The van der Waals surface area contributed by atoms with Crippen molar-refractivity contribution in [3.05, 3.63) is 55.9 Å². The van der Waals surface area contributed by atoms with E-state index in [2.05, 4.69) is 21.2 Å². The summed E-state index contributed by atoms with van der Waals surface area (Å²) < 4.78 is 5.77. The summed E-state index contributed by atoms with van der Waals surface area (Å²) in [5.41, 5.74) is 6.12. The molecule has 0 unspecified atom stereocenters. The second-order valence-corrected chi connectivity index (χ2v) is 5.15. The van der Waals surface area contributed by atoms with Crippen molar-refractivity contribution in [1.29, 1.82) is 0 Å². The molecule has 2 aromatic rings. The zero-order chi connectivity index (χ0) is 15.6. The number of carbonyl (C=O) groups is 1. The Kier molecular flexibility index (Phi) is 4.39. The zero-order valence-electron chi connectivity index (χ0n) is 11.1. The lowest BCUT2D eigenvalue weighted by Crippen LogP contribution is -2.12. The predicted octanol–water partition coefficient (Wildman–Crippen LogP) is 2.97. The molecular formula is C13H12BrN3O4. The van der Waals surface area contributed by atoms with Gasteiger partial charge < -0.3 is 15.5 Å². The van der Waals surface area contributed by atoms with Gasteiger partial charge >= 0.3 is 0 Å². The third-order valence-corrected chi connectivity index (χ3v) is 3.47. The summed E-state index contributed by atoms with van der Waals surface area (Å²) in [4.78, 5) is 22.5. The van der Waals surface area contributed by atoms with Gasteiger partial charge in [-0.2, -0.15) is 0 Å². The third kappa shape index (κ3) is 3.29. The number of carbonyl (C=O) groups excluding carboxylic acids is 1. The highest BCUT2D eigenvalue weighted by atomic mass is 79.9. The number of nitro groups is 1. The van der Waals surface area contributed by atoms with Gasteiger partial charge in [-0.3, -0.25) is 14.9 Å². The SMILES string of the molecule is Cc1cc(Br)c(NC(=O)c2ccc(CN)o2)cc1[N+](=O)[O-]. The zero-order valence-corrected chi connectivity index (χ0v) is 12.6. The fourth-order valence-corrected chi connectivity index (χ4v) is 2.30. The summed E-state index contributed by atoms with van der Waals surface area (Å²) in [7, 11) is 0. The highest BCUT2D eigenvalue weighted by Gasteiger charge is 2.17. The molecule has 0 saturated heterocycles. The number of hydrogen-bond donors (Lipinski definition) is 2. The second kappa shape index (κ2) is 6.06. The Bertz CT molecular complexity index is 711. The van der Waals surface area contributed by atoms with Gasteiger partial charge in [-0.1, -0.05) is 0 Å². The summed E-state index contributed by atoms with van der Waals surface area (Å²) in [5, 5.41) is 13.5. The fourth-order valence-electron chi connectivity index (χ4n) is 1.75. The van der Waals surface area contributed by atoms with Crippen molar-refractivity contribution in [3.8, 4) is 0 Å². The van der Waals surface area contributed by atoms with Crippen LogP contribution in [0.1, 0.15) is 21.9 Å². The number of nitrogens with zero attached hydrogens (tertiary/aromatic N) is 1. The molecule has 21 heavy (non-hydrogen) atoms. The Morgan fingerprint density at radius 2 is 2.19 bits per heavy atom. The van der Waals surface area contributed by atoms with E-state index < -0.39 is 10.8 Å². The van der Waals surface area contributed by atoms with E-state index >= 15 is 0 Å². The van der Waals surface area contributed by atoms with Crippen LogP contribution in [0.3, 0.4) is 0 Å². The number of nitrogens with one attached hydrogen (secondary N) is 1. The number of furan rings is 1. The summed E-state index contributed by atoms with van der Waals surface area (Å²) in [5.74, 6) is 0.0632. The number of hydrogen-bond acceptors (Lipinski definition) is 5. The fraction of sp³-hybridized carbons (Fsp3) is 0.154. The highest BCUT2D eigenvalue weighted by molar-refractivity contribution is 9.10. The van der Waals surface area contributed by atoms with Crippen molar-refractivity contribution in [3.63, 3.8) is 0 Å². The molecule has 0 atom stereocenters. The molecule has 0 saturated carbocycles. The molecule has 2 rings (SSSR count). The van der Waals surface area contributed by atoms with Crippen LogP contribution in [0, 0.1) is 17.0 Å². The second-order valence-electron chi connectivity index (χ2n) is 4.30. The maximum absolute atomic E-state index is 12.0. The minimum atomic E-state index is -0.506. The first-order chi connectivity index (χ1) is 9.92. The molecule has 0 spiro atoms. The van der Waals surface area contributed by atoms with Gasteiger partial charge in [0.25, 0.3) is 11.6 Å². The van der Waals surface area contributed by atoms with Gasteiger partial charge in [-0.15, -0.1) is 0 Å². The molecule has 8 heteroatoms. The van der Waals surface area contributed by atoms with E-state index in [1.165, 1.54) is 12.1 Å². The van der Waals surface area contributed by atoms with Crippen LogP contribution < -0.4 is 11.1 Å². The smallest absolute Gasteiger partial charge is 0.291 e. The maximum atomic E-state index is 12.0. The van der Waals surface area contributed by atoms with Crippen molar-refractivity contribution in [2.24, 2.45) is 5.73 Å². The van der Waals surface area contributed by atoms with Crippen LogP contribution in [0.2, 0.25) is 0 Å². The third-order valence-electron chi connectivity index (χ3n) is 2.82. The van der Waals surface area contributed by atoms with Crippen LogP contribution >= 0.6 is 15.9 Å². The average molecular weight is 354 g/mol. The number of nitro benzene ring substituents is 1.